The van der Waals surface area contributed by atoms with Crippen LogP contribution in [-0.4, -0.2) is 27.0 Å². The van der Waals surface area contributed by atoms with E-state index in [1.165, 1.54) is 51.0 Å². The second-order valence-electron chi connectivity index (χ2n) is 11.1. The summed E-state index contributed by atoms with van der Waals surface area (Å²) >= 11 is 0.891. The molecule has 8 nitrogen and oxygen atoms in total. The van der Waals surface area contributed by atoms with Gasteiger partial charge in [0, 0.05) is 24.2 Å². The van der Waals surface area contributed by atoms with Crippen LogP contribution < -0.4 is 10.6 Å². The summed E-state index contributed by atoms with van der Waals surface area (Å²) in [6.45, 7) is 1.45. The zero-order valence-electron chi connectivity index (χ0n) is 20.4. The molecule has 3 aromatic rings. The first-order chi connectivity index (χ1) is 17.8. The van der Waals surface area contributed by atoms with E-state index in [0.717, 1.165) is 57.4 Å². The Morgan fingerprint density at radius 3 is 2.46 bits per heavy atom. The first kappa shape index (κ1) is 22.7. The van der Waals surface area contributed by atoms with Crippen molar-refractivity contribution in [1.82, 2.24) is 15.3 Å². The molecule has 3 amide bonds. The van der Waals surface area contributed by atoms with Crippen molar-refractivity contribution in [2.45, 2.75) is 50.9 Å². The highest BCUT2D eigenvalue weighted by atomic mass is 32.2. The molecular formula is C28H26N4O4S. The zero-order chi connectivity index (χ0) is 25.3. The topological polar surface area (TPSA) is 114 Å². The minimum atomic E-state index is -0.384. The molecule has 4 saturated carbocycles. The third-order valence-corrected chi connectivity index (χ3v) is 9.22. The van der Waals surface area contributed by atoms with Crippen molar-refractivity contribution in [2.24, 2.45) is 17.8 Å². The Morgan fingerprint density at radius 1 is 1.14 bits per heavy atom. The first-order valence-corrected chi connectivity index (χ1v) is 13.6. The molecule has 37 heavy (non-hydrogen) atoms. The highest BCUT2D eigenvalue weighted by Crippen LogP contribution is 2.61. The van der Waals surface area contributed by atoms with Crippen LogP contribution in [-0.2, 0) is 15.0 Å². The molecule has 0 unspecified atom stereocenters. The van der Waals surface area contributed by atoms with Gasteiger partial charge in [-0.25, -0.2) is 0 Å². The van der Waals surface area contributed by atoms with Gasteiger partial charge in [-0.3, -0.25) is 30.0 Å². The first-order valence-electron chi connectivity index (χ1n) is 12.8. The summed E-state index contributed by atoms with van der Waals surface area (Å²) in [4.78, 5) is 44.7. The van der Waals surface area contributed by atoms with Gasteiger partial charge in [0.1, 0.15) is 5.52 Å². The van der Waals surface area contributed by atoms with Gasteiger partial charge in [-0.1, -0.05) is 6.07 Å². The van der Waals surface area contributed by atoms with Crippen molar-refractivity contribution in [3.8, 4) is 11.3 Å². The SMILES string of the molecule is CC(=O)Nc1nc2cc(-c3ccc(/C=C4\SC(=O)NC4=O)cn3)cc(C34CC5CC(CC(C5)C3)C4)c2o1. The van der Waals surface area contributed by atoms with Gasteiger partial charge in [-0.05, 0) is 103 Å². The minimum Gasteiger partial charge on any atom is -0.423 e. The lowest BCUT2D eigenvalue weighted by Gasteiger charge is -2.57. The number of fused-ring (bicyclic) bond motifs is 1. The predicted octanol–water partition coefficient (Wildman–Crippen LogP) is 5.64. The van der Waals surface area contributed by atoms with E-state index in [0.29, 0.717) is 4.91 Å². The van der Waals surface area contributed by atoms with Gasteiger partial charge in [0.15, 0.2) is 5.58 Å². The van der Waals surface area contributed by atoms with E-state index in [1.807, 2.05) is 18.2 Å². The van der Waals surface area contributed by atoms with Crippen molar-refractivity contribution >= 4 is 52.0 Å². The summed E-state index contributed by atoms with van der Waals surface area (Å²) in [7, 11) is 0. The molecule has 1 aromatic carbocycles. The number of imide groups is 1. The molecule has 188 valence electrons. The normalized spacial score (nSPS) is 29.3. The van der Waals surface area contributed by atoms with E-state index in [1.54, 1.807) is 12.3 Å². The molecule has 9 heteroatoms. The third kappa shape index (κ3) is 3.96. The molecule has 8 rings (SSSR count). The Bertz CT molecular complexity index is 1470. The number of anilines is 1. The van der Waals surface area contributed by atoms with Gasteiger partial charge in [-0.15, -0.1) is 0 Å². The van der Waals surface area contributed by atoms with Crippen molar-refractivity contribution in [1.29, 1.82) is 0 Å². The number of aromatic nitrogens is 2. The molecule has 3 heterocycles. The summed E-state index contributed by atoms with van der Waals surface area (Å²) in [6.07, 6.45) is 10.9. The van der Waals surface area contributed by atoms with Gasteiger partial charge >= 0.3 is 6.01 Å². The van der Waals surface area contributed by atoms with Crippen LogP contribution in [0.2, 0.25) is 0 Å². The molecule has 0 radical (unpaired) electrons. The second kappa shape index (κ2) is 8.28. The molecular weight excluding hydrogens is 488 g/mol. The van der Waals surface area contributed by atoms with Gasteiger partial charge in [0.2, 0.25) is 5.91 Å². The maximum Gasteiger partial charge on any atom is 0.302 e. The number of hydrogen-bond acceptors (Lipinski definition) is 7. The smallest absolute Gasteiger partial charge is 0.302 e. The number of nitrogens with one attached hydrogen (secondary N) is 2. The van der Waals surface area contributed by atoms with Crippen molar-refractivity contribution in [3.05, 3.63) is 46.5 Å². The third-order valence-electron chi connectivity index (χ3n) is 8.40. The maximum atomic E-state index is 11.9. The van der Waals surface area contributed by atoms with E-state index < -0.39 is 0 Å². The number of carbonyl (C=O) groups is 3. The summed E-state index contributed by atoms with van der Waals surface area (Å²) in [5.41, 5.74) is 5.23. The summed E-state index contributed by atoms with van der Waals surface area (Å²) in [5, 5.41) is 4.61. The van der Waals surface area contributed by atoms with E-state index in [-0.39, 0.29) is 28.5 Å². The van der Waals surface area contributed by atoms with Crippen LogP contribution in [0.4, 0.5) is 10.8 Å². The largest absolute Gasteiger partial charge is 0.423 e. The van der Waals surface area contributed by atoms with Crippen molar-refractivity contribution in [2.75, 3.05) is 5.32 Å². The lowest BCUT2D eigenvalue weighted by Crippen LogP contribution is -2.48. The van der Waals surface area contributed by atoms with Gasteiger partial charge in [0.05, 0.1) is 10.6 Å². The average Bonchev–Trinajstić information content (AvgIpc) is 3.38. The highest BCUT2D eigenvalue weighted by Gasteiger charge is 2.52. The van der Waals surface area contributed by atoms with E-state index in [4.69, 9.17) is 4.42 Å². The fourth-order valence-electron chi connectivity index (χ4n) is 7.45. The maximum absolute atomic E-state index is 11.9. The molecule has 5 fully saturated rings. The predicted molar refractivity (Wildman–Crippen MR) is 141 cm³/mol. The van der Waals surface area contributed by atoms with Gasteiger partial charge in [0.25, 0.3) is 11.1 Å². The summed E-state index contributed by atoms with van der Waals surface area (Å²) < 4.78 is 6.16. The molecule has 4 bridgehead atoms. The lowest BCUT2D eigenvalue weighted by atomic mass is 9.48. The fourth-order valence-corrected chi connectivity index (χ4v) is 8.14. The van der Waals surface area contributed by atoms with Crippen molar-refractivity contribution in [3.63, 3.8) is 0 Å². The molecule has 0 atom stereocenters. The van der Waals surface area contributed by atoms with Gasteiger partial charge < -0.3 is 4.42 Å². The standard InChI is InChI=1S/C28H26N4O4S/c1-14(33)30-26-31-22-9-19(21-3-2-15(13-29-21)7-23-25(34)32-27(35)37-23)8-20(24(22)36-26)28-10-16-4-17(11-28)6-18(5-16)12-28/h2-3,7-9,13,16-18H,4-6,10-12H2,1H3,(H,30,31,33)(H,32,34,35)/b23-7-. The monoisotopic (exact) mass is 514 g/mol. The number of hydrogen-bond donors (Lipinski definition) is 2. The molecule has 5 aliphatic rings. The molecule has 4 aliphatic carbocycles. The van der Waals surface area contributed by atoms with Crippen LogP contribution in [0.15, 0.2) is 39.8 Å². The van der Waals surface area contributed by atoms with Crippen LogP contribution in [0.3, 0.4) is 0 Å². The quantitative estimate of drug-likeness (QED) is 0.433. The Hall–Kier alpha value is -3.46. The van der Waals surface area contributed by atoms with Crippen LogP contribution in [0.1, 0.15) is 56.6 Å². The molecule has 0 spiro atoms. The number of benzene rings is 1. The fraction of sp³-hybridized carbons (Fsp3) is 0.393. The number of thioether (sulfide) groups is 1. The van der Waals surface area contributed by atoms with Crippen molar-refractivity contribution < 1.29 is 18.8 Å². The van der Waals surface area contributed by atoms with Crippen LogP contribution in [0, 0.1) is 17.8 Å². The Morgan fingerprint density at radius 2 is 1.86 bits per heavy atom. The summed E-state index contributed by atoms with van der Waals surface area (Å²) in [6, 6.07) is 8.23. The molecule has 1 saturated heterocycles. The Kier molecular flexibility index (Phi) is 5.08. The average molecular weight is 515 g/mol. The number of carbonyl (C=O) groups excluding carboxylic acids is 3. The minimum absolute atomic E-state index is 0.0694. The number of oxazole rings is 1. The van der Waals surface area contributed by atoms with E-state index in [9.17, 15) is 14.4 Å². The zero-order valence-corrected chi connectivity index (χ0v) is 21.2. The second-order valence-corrected chi connectivity index (χ2v) is 12.1. The number of rotatable bonds is 4. The lowest BCUT2D eigenvalue weighted by molar-refractivity contribution is -0.115. The Balaban J connectivity index is 1.31. The van der Waals surface area contributed by atoms with Crippen LogP contribution in [0.25, 0.3) is 28.4 Å². The molecule has 2 N–H and O–H groups in total. The van der Waals surface area contributed by atoms with E-state index in [2.05, 4.69) is 26.7 Å². The Labute approximate surface area is 217 Å². The molecule has 1 aliphatic heterocycles. The number of amides is 3. The number of pyridine rings is 1. The number of nitrogens with zero attached hydrogens (tertiary/aromatic N) is 2. The van der Waals surface area contributed by atoms with Gasteiger partial charge in [-0.2, -0.15) is 4.98 Å². The molecule has 2 aromatic heterocycles. The van der Waals surface area contributed by atoms with Crippen LogP contribution >= 0.6 is 11.8 Å². The van der Waals surface area contributed by atoms with Crippen LogP contribution in [0.5, 0.6) is 0 Å². The summed E-state index contributed by atoms with van der Waals surface area (Å²) in [5.74, 6) is 1.71. The highest BCUT2D eigenvalue weighted by molar-refractivity contribution is 8.18. The van der Waals surface area contributed by atoms with E-state index >= 15 is 0 Å².